The standard InChI is InChI=1S/C20H32N6O2S/c1-5-22-20(23-10-7-11-26-17(3)12-16(2)25-26)24-14-18-8-6-9-19(13-18)15-29(27,28)21-4/h6,8-9,12-13,21H,5,7,10-11,14-15H2,1-4H3,(H2,22,23,24). The molecule has 0 aliphatic rings. The Bertz CT molecular complexity index is 921. The number of aromatic nitrogens is 2. The summed E-state index contributed by atoms with van der Waals surface area (Å²) < 4.78 is 27.8. The fourth-order valence-corrected chi connectivity index (χ4v) is 3.72. The van der Waals surface area contributed by atoms with Crippen molar-refractivity contribution < 1.29 is 8.42 Å². The first-order chi connectivity index (χ1) is 13.8. The van der Waals surface area contributed by atoms with Crippen LogP contribution >= 0.6 is 0 Å². The quantitative estimate of drug-likeness (QED) is 0.309. The van der Waals surface area contributed by atoms with Crippen LogP contribution in [-0.4, -0.2) is 44.3 Å². The van der Waals surface area contributed by atoms with E-state index in [2.05, 4.69) is 38.4 Å². The highest BCUT2D eigenvalue weighted by atomic mass is 32.2. The summed E-state index contributed by atoms with van der Waals surface area (Å²) in [4.78, 5) is 4.61. The van der Waals surface area contributed by atoms with Crippen LogP contribution in [0.15, 0.2) is 35.3 Å². The maximum Gasteiger partial charge on any atom is 0.215 e. The van der Waals surface area contributed by atoms with Crippen molar-refractivity contribution in [3.05, 3.63) is 52.8 Å². The van der Waals surface area contributed by atoms with Crippen LogP contribution in [0.5, 0.6) is 0 Å². The van der Waals surface area contributed by atoms with Gasteiger partial charge in [-0.2, -0.15) is 5.10 Å². The van der Waals surface area contributed by atoms with Gasteiger partial charge in [-0.05, 0) is 51.4 Å². The molecule has 0 fully saturated rings. The number of benzene rings is 1. The van der Waals surface area contributed by atoms with Gasteiger partial charge in [0, 0.05) is 25.3 Å². The number of aliphatic imine (C=N–C) groups is 1. The Balaban J connectivity index is 1.90. The molecule has 0 spiro atoms. The Morgan fingerprint density at radius 2 is 1.93 bits per heavy atom. The van der Waals surface area contributed by atoms with Gasteiger partial charge in [-0.3, -0.25) is 4.68 Å². The lowest BCUT2D eigenvalue weighted by Gasteiger charge is -2.12. The molecule has 160 valence electrons. The molecule has 2 aromatic rings. The smallest absolute Gasteiger partial charge is 0.215 e. The molecule has 1 heterocycles. The summed E-state index contributed by atoms with van der Waals surface area (Å²) in [6.45, 7) is 8.97. The molecule has 0 saturated carbocycles. The summed E-state index contributed by atoms with van der Waals surface area (Å²) in [6, 6.07) is 9.58. The summed E-state index contributed by atoms with van der Waals surface area (Å²) in [7, 11) is -1.86. The molecule has 0 bridgehead atoms. The van der Waals surface area contributed by atoms with Gasteiger partial charge in [0.15, 0.2) is 5.96 Å². The lowest BCUT2D eigenvalue weighted by molar-refractivity contribution is 0.555. The highest BCUT2D eigenvalue weighted by Crippen LogP contribution is 2.09. The topological polar surface area (TPSA) is 100 Å². The molecular formula is C20H32N6O2S. The van der Waals surface area contributed by atoms with Crippen LogP contribution < -0.4 is 15.4 Å². The number of nitrogens with zero attached hydrogens (tertiary/aromatic N) is 3. The number of aryl methyl sites for hydroxylation is 3. The lowest BCUT2D eigenvalue weighted by atomic mass is 10.1. The Morgan fingerprint density at radius 1 is 1.17 bits per heavy atom. The van der Waals surface area contributed by atoms with Crippen LogP contribution in [-0.2, 0) is 28.9 Å². The molecule has 0 atom stereocenters. The van der Waals surface area contributed by atoms with Gasteiger partial charge < -0.3 is 10.6 Å². The largest absolute Gasteiger partial charge is 0.357 e. The van der Waals surface area contributed by atoms with Gasteiger partial charge in [0.1, 0.15) is 0 Å². The van der Waals surface area contributed by atoms with E-state index in [1.807, 2.05) is 42.8 Å². The van der Waals surface area contributed by atoms with Crippen LogP contribution in [0.3, 0.4) is 0 Å². The van der Waals surface area contributed by atoms with E-state index in [4.69, 9.17) is 0 Å². The highest BCUT2D eigenvalue weighted by molar-refractivity contribution is 7.88. The SMILES string of the molecule is CCNC(=NCc1cccc(CS(=O)(=O)NC)c1)NCCCn1nc(C)cc1C. The van der Waals surface area contributed by atoms with Crippen LogP contribution in [0, 0.1) is 13.8 Å². The molecule has 1 aromatic carbocycles. The zero-order chi connectivity index (χ0) is 21.3. The van der Waals surface area contributed by atoms with Crippen molar-refractivity contribution >= 4 is 16.0 Å². The third-order valence-corrected chi connectivity index (χ3v) is 5.70. The molecule has 0 aliphatic carbocycles. The van der Waals surface area contributed by atoms with Crippen molar-refractivity contribution in [1.82, 2.24) is 25.1 Å². The maximum absolute atomic E-state index is 11.7. The van der Waals surface area contributed by atoms with Crippen molar-refractivity contribution in [2.24, 2.45) is 4.99 Å². The number of hydrogen-bond acceptors (Lipinski definition) is 4. The van der Waals surface area contributed by atoms with E-state index in [-0.39, 0.29) is 5.75 Å². The summed E-state index contributed by atoms with van der Waals surface area (Å²) in [6.07, 6.45) is 0.934. The lowest BCUT2D eigenvalue weighted by Crippen LogP contribution is -2.38. The summed E-state index contributed by atoms with van der Waals surface area (Å²) in [5.41, 5.74) is 3.92. The molecule has 3 N–H and O–H groups in total. The predicted molar refractivity (Wildman–Crippen MR) is 117 cm³/mol. The van der Waals surface area contributed by atoms with Gasteiger partial charge in [0.05, 0.1) is 18.0 Å². The zero-order valence-corrected chi connectivity index (χ0v) is 18.5. The minimum absolute atomic E-state index is 0.0360. The van der Waals surface area contributed by atoms with Crippen molar-refractivity contribution in [2.75, 3.05) is 20.1 Å². The van der Waals surface area contributed by atoms with E-state index in [1.54, 1.807) is 0 Å². The van der Waals surface area contributed by atoms with E-state index in [1.165, 1.54) is 12.7 Å². The van der Waals surface area contributed by atoms with Gasteiger partial charge in [-0.1, -0.05) is 24.3 Å². The normalized spacial score (nSPS) is 12.2. The van der Waals surface area contributed by atoms with Gasteiger partial charge in [-0.15, -0.1) is 0 Å². The van der Waals surface area contributed by atoms with Crippen molar-refractivity contribution in [3.63, 3.8) is 0 Å². The van der Waals surface area contributed by atoms with Crippen molar-refractivity contribution in [3.8, 4) is 0 Å². The molecule has 8 nitrogen and oxygen atoms in total. The number of hydrogen-bond donors (Lipinski definition) is 3. The summed E-state index contributed by atoms with van der Waals surface area (Å²) >= 11 is 0. The Kier molecular flexibility index (Phi) is 8.66. The first kappa shape index (κ1) is 22.9. The first-order valence-electron chi connectivity index (χ1n) is 9.85. The first-order valence-corrected chi connectivity index (χ1v) is 11.5. The van der Waals surface area contributed by atoms with E-state index in [9.17, 15) is 8.42 Å². The van der Waals surface area contributed by atoms with Gasteiger partial charge in [0.25, 0.3) is 0 Å². The van der Waals surface area contributed by atoms with Crippen LogP contribution in [0.4, 0.5) is 0 Å². The van der Waals surface area contributed by atoms with Crippen LogP contribution in [0.1, 0.15) is 35.9 Å². The monoisotopic (exact) mass is 420 g/mol. The molecule has 29 heavy (non-hydrogen) atoms. The Morgan fingerprint density at radius 3 is 2.59 bits per heavy atom. The second kappa shape index (κ2) is 11.0. The third kappa shape index (κ3) is 7.86. The highest BCUT2D eigenvalue weighted by Gasteiger charge is 2.09. The molecule has 0 unspecified atom stereocenters. The number of sulfonamides is 1. The average molecular weight is 421 g/mol. The summed E-state index contributed by atoms with van der Waals surface area (Å²) in [5, 5.41) is 11.1. The number of nitrogens with one attached hydrogen (secondary N) is 3. The molecule has 0 amide bonds. The van der Waals surface area contributed by atoms with Gasteiger partial charge in [0.2, 0.25) is 10.0 Å². The van der Waals surface area contributed by atoms with Gasteiger partial charge >= 0.3 is 0 Å². The Hall–Kier alpha value is -2.39. The van der Waals surface area contributed by atoms with Crippen LogP contribution in [0.2, 0.25) is 0 Å². The minimum atomic E-state index is -3.29. The molecule has 9 heteroatoms. The maximum atomic E-state index is 11.7. The Labute approximate surface area is 173 Å². The minimum Gasteiger partial charge on any atom is -0.357 e. The van der Waals surface area contributed by atoms with E-state index < -0.39 is 10.0 Å². The second-order valence-corrected chi connectivity index (χ2v) is 8.84. The number of guanidine groups is 1. The fraction of sp³-hybridized carbons (Fsp3) is 0.500. The van der Waals surface area contributed by atoms with E-state index >= 15 is 0 Å². The molecule has 0 radical (unpaired) electrons. The van der Waals surface area contributed by atoms with E-state index in [0.29, 0.717) is 6.54 Å². The second-order valence-electron chi connectivity index (χ2n) is 6.91. The molecular weight excluding hydrogens is 388 g/mol. The van der Waals surface area contributed by atoms with Crippen molar-refractivity contribution in [1.29, 1.82) is 0 Å². The molecule has 0 saturated heterocycles. The van der Waals surface area contributed by atoms with E-state index in [0.717, 1.165) is 48.8 Å². The zero-order valence-electron chi connectivity index (χ0n) is 17.7. The number of rotatable bonds is 10. The average Bonchev–Trinajstić information content (AvgIpc) is 3.00. The fourth-order valence-electron chi connectivity index (χ4n) is 2.96. The molecule has 2 rings (SSSR count). The van der Waals surface area contributed by atoms with Gasteiger partial charge in [-0.25, -0.2) is 18.1 Å². The van der Waals surface area contributed by atoms with Crippen molar-refractivity contribution in [2.45, 2.75) is 46.0 Å². The van der Waals surface area contributed by atoms with Crippen LogP contribution in [0.25, 0.3) is 0 Å². The summed E-state index contributed by atoms with van der Waals surface area (Å²) in [5.74, 6) is 0.709. The molecule has 1 aromatic heterocycles. The third-order valence-electron chi connectivity index (χ3n) is 4.37. The molecule has 0 aliphatic heterocycles. The predicted octanol–water partition coefficient (Wildman–Crippen LogP) is 1.69.